The van der Waals surface area contributed by atoms with Crippen molar-refractivity contribution in [1.29, 1.82) is 0 Å². The second-order valence-corrected chi connectivity index (χ2v) is 5.61. The summed E-state index contributed by atoms with van der Waals surface area (Å²) < 4.78 is 5.45. The van der Waals surface area contributed by atoms with Crippen LogP contribution in [0.2, 0.25) is 0 Å². The Morgan fingerprint density at radius 1 is 1.33 bits per heavy atom. The monoisotopic (exact) mass is 307 g/mol. The Kier molecular flexibility index (Phi) is 5.32. The maximum atomic E-state index is 5.45. The predicted molar refractivity (Wildman–Crippen MR) is 86.3 cm³/mol. The van der Waals surface area contributed by atoms with E-state index < -0.39 is 0 Å². The molecular weight excluding hydrogens is 286 g/mol. The number of anilines is 2. The average molecular weight is 307 g/mol. The van der Waals surface area contributed by atoms with E-state index in [2.05, 4.69) is 39.4 Å². The summed E-state index contributed by atoms with van der Waals surface area (Å²) >= 11 is 1.63. The summed E-state index contributed by atoms with van der Waals surface area (Å²) in [7, 11) is 1.62. The van der Waals surface area contributed by atoms with Crippen LogP contribution in [0.15, 0.2) is 11.7 Å². The second kappa shape index (κ2) is 7.21. The van der Waals surface area contributed by atoms with Gasteiger partial charge in [-0.05, 0) is 20.3 Å². The van der Waals surface area contributed by atoms with Gasteiger partial charge in [0.2, 0.25) is 5.75 Å². The first-order valence-corrected chi connectivity index (χ1v) is 7.85. The van der Waals surface area contributed by atoms with Gasteiger partial charge in [-0.15, -0.1) is 11.3 Å². The molecule has 2 heterocycles. The van der Waals surface area contributed by atoms with Gasteiger partial charge in [-0.1, -0.05) is 6.92 Å². The van der Waals surface area contributed by atoms with Gasteiger partial charge in [0.15, 0.2) is 11.6 Å². The van der Waals surface area contributed by atoms with E-state index in [1.807, 2.05) is 12.3 Å². The fourth-order valence-corrected chi connectivity index (χ4v) is 2.68. The smallest absolute Gasteiger partial charge is 0.204 e. The zero-order valence-corrected chi connectivity index (χ0v) is 13.6. The SMILES string of the molecule is CCCNc1ncnc(NC(C)c2nc(C)cs2)c1OC. The van der Waals surface area contributed by atoms with Gasteiger partial charge in [0.05, 0.1) is 13.2 Å². The van der Waals surface area contributed by atoms with Crippen molar-refractivity contribution in [2.45, 2.75) is 33.2 Å². The van der Waals surface area contributed by atoms with Crippen LogP contribution >= 0.6 is 11.3 Å². The minimum absolute atomic E-state index is 0.0616. The van der Waals surface area contributed by atoms with Crippen LogP contribution in [0.25, 0.3) is 0 Å². The van der Waals surface area contributed by atoms with Crippen LogP contribution in [0.4, 0.5) is 11.6 Å². The highest BCUT2D eigenvalue weighted by Gasteiger charge is 2.16. The van der Waals surface area contributed by atoms with Crippen LogP contribution in [0.5, 0.6) is 5.75 Å². The van der Waals surface area contributed by atoms with E-state index in [0.29, 0.717) is 17.4 Å². The molecular formula is C14H21N5OS. The van der Waals surface area contributed by atoms with Gasteiger partial charge in [0.25, 0.3) is 0 Å². The van der Waals surface area contributed by atoms with Crippen LogP contribution in [0, 0.1) is 6.92 Å². The number of aryl methyl sites for hydroxylation is 1. The Morgan fingerprint density at radius 2 is 2.10 bits per heavy atom. The van der Waals surface area contributed by atoms with E-state index in [1.165, 1.54) is 6.33 Å². The van der Waals surface area contributed by atoms with Crippen molar-refractivity contribution < 1.29 is 4.74 Å². The summed E-state index contributed by atoms with van der Waals surface area (Å²) in [5.74, 6) is 2.01. The topological polar surface area (TPSA) is 72.0 Å². The lowest BCUT2D eigenvalue weighted by Crippen LogP contribution is -2.11. The number of rotatable bonds is 7. The Morgan fingerprint density at radius 3 is 2.71 bits per heavy atom. The van der Waals surface area contributed by atoms with E-state index in [-0.39, 0.29) is 6.04 Å². The zero-order chi connectivity index (χ0) is 15.2. The molecule has 0 saturated carbocycles. The van der Waals surface area contributed by atoms with Gasteiger partial charge in [-0.25, -0.2) is 15.0 Å². The Hall–Kier alpha value is -1.89. The standard InChI is InChI=1S/C14H21N5OS/c1-5-6-15-12-11(20-4)13(17-8-16-12)19-10(3)14-18-9(2)7-21-14/h7-8,10H,5-6H2,1-4H3,(H2,15,16,17,19). The summed E-state index contributed by atoms with van der Waals surface area (Å²) in [5.41, 5.74) is 1.03. The molecule has 114 valence electrons. The average Bonchev–Trinajstić information content (AvgIpc) is 2.92. The number of aromatic nitrogens is 3. The molecule has 0 saturated heterocycles. The first-order chi connectivity index (χ1) is 10.2. The summed E-state index contributed by atoms with van der Waals surface area (Å²) in [6, 6.07) is 0.0616. The molecule has 2 aromatic rings. The summed E-state index contributed by atoms with van der Waals surface area (Å²) in [5, 5.41) is 9.65. The maximum Gasteiger partial charge on any atom is 0.204 e. The maximum absolute atomic E-state index is 5.45. The molecule has 6 nitrogen and oxygen atoms in total. The van der Waals surface area contributed by atoms with Crippen LogP contribution in [-0.2, 0) is 0 Å². The fourth-order valence-electron chi connectivity index (χ4n) is 1.88. The highest BCUT2D eigenvalue weighted by Crippen LogP contribution is 2.32. The Bertz CT molecular complexity index is 586. The number of thiazole rings is 1. The quantitative estimate of drug-likeness (QED) is 0.818. The second-order valence-electron chi connectivity index (χ2n) is 4.72. The zero-order valence-electron chi connectivity index (χ0n) is 12.8. The normalized spacial score (nSPS) is 12.0. The first kappa shape index (κ1) is 15.5. The molecule has 0 spiro atoms. The van der Waals surface area contributed by atoms with E-state index >= 15 is 0 Å². The van der Waals surface area contributed by atoms with Crippen molar-refractivity contribution >= 4 is 23.0 Å². The largest absolute Gasteiger partial charge is 0.490 e. The highest BCUT2D eigenvalue weighted by atomic mass is 32.1. The van der Waals surface area contributed by atoms with Crippen LogP contribution in [-0.4, -0.2) is 28.6 Å². The van der Waals surface area contributed by atoms with Gasteiger partial charge < -0.3 is 15.4 Å². The number of hydrogen-bond acceptors (Lipinski definition) is 7. The van der Waals surface area contributed by atoms with Crippen molar-refractivity contribution in [3.8, 4) is 5.75 Å². The lowest BCUT2D eigenvalue weighted by molar-refractivity contribution is 0.414. The Balaban J connectivity index is 2.18. The minimum atomic E-state index is 0.0616. The van der Waals surface area contributed by atoms with Crippen LogP contribution in [0.3, 0.4) is 0 Å². The highest BCUT2D eigenvalue weighted by molar-refractivity contribution is 7.09. The summed E-state index contributed by atoms with van der Waals surface area (Å²) in [6.45, 7) is 6.99. The number of nitrogens with one attached hydrogen (secondary N) is 2. The number of hydrogen-bond donors (Lipinski definition) is 2. The van der Waals surface area contributed by atoms with Gasteiger partial charge >= 0.3 is 0 Å². The molecule has 1 atom stereocenters. The van der Waals surface area contributed by atoms with E-state index in [0.717, 1.165) is 23.7 Å². The number of nitrogens with zero attached hydrogens (tertiary/aromatic N) is 3. The summed E-state index contributed by atoms with van der Waals surface area (Å²) in [6.07, 6.45) is 2.55. The lowest BCUT2D eigenvalue weighted by atomic mass is 10.3. The van der Waals surface area contributed by atoms with Crippen LogP contribution in [0.1, 0.15) is 37.0 Å². The third-order valence-corrected chi connectivity index (χ3v) is 4.06. The number of methoxy groups -OCH3 is 1. The molecule has 0 aliphatic rings. The molecule has 0 aromatic carbocycles. The summed E-state index contributed by atoms with van der Waals surface area (Å²) in [4.78, 5) is 13.0. The molecule has 2 rings (SSSR count). The Labute approximate surface area is 129 Å². The molecule has 7 heteroatoms. The van der Waals surface area contributed by atoms with Gasteiger partial charge in [0.1, 0.15) is 11.3 Å². The molecule has 1 unspecified atom stereocenters. The van der Waals surface area contributed by atoms with Crippen molar-refractivity contribution in [2.24, 2.45) is 0 Å². The third kappa shape index (κ3) is 3.81. The predicted octanol–water partition coefficient (Wildman–Crippen LogP) is 3.25. The molecule has 0 aliphatic carbocycles. The molecule has 0 amide bonds. The van der Waals surface area contributed by atoms with Gasteiger partial charge in [-0.3, -0.25) is 0 Å². The molecule has 21 heavy (non-hydrogen) atoms. The lowest BCUT2D eigenvalue weighted by Gasteiger charge is -2.16. The van der Waals surface area contributed by atoms with E-state index in [4.69, 9.17) is 4.74 Å². The van der Waals surface area contributed by atoms with Crippen molar-refractivity contribution in [3.05, 3.63) is 22.4 Å². The molecule has 0 fully saturated rings. The van der Waals surface area contributed by atoms with Gasteiger partial charge in [0, 0.05) is 17.6 Å². The van der Waals surface area contributed by atoms with E-state index in [9.17, 15) is 0 Å². The molecule has 2 aromatic heterocycles. The van der Waals surface area contributed by atoms with E-state index in [1.54, 1.807) is 18.4 Å². The molecule has 0 radical (unpaired) electrons. The molecule has 0 aliphatic heterocycles. The minimum Gasteiger partial charge on any atom is -0.490 e. The van der Waals surface area contributed by atoms with Gasteiger partial charge in [-0.2, -0.15) is 0 Å². The molecule has 0 bridgehead atoms. The van der Waals surface area contributed by atoms with Crippen LogP contribution < -0.4 is 15.4 Å². The van der Waals surface area contributed by atoms with Crippen molar-refractivity contribution in [3.63, 3.8) is 0 Å². The molecule has 2 N–H and O–H groups in total. The first-order valence-electron chi connectivity index (χ1n) is 6.97. The fraction of sp³-hybridized carbons (Fsp3) is 0.500. The number of ether oxygens (including phenoxy) is 1. The third-order valence-electron chi connectivity index (χ3n) is 2.91. The van der Waals surface area contributed by atoms with Crippen molar-refractivity contribution in [2.75, 3.05) is 24.3 Å². The van der Waals surface area contributed by atoms with Crippen molar-refractivity contribution in [1.82, 2.24) is 15.0 Å².